The molecule has 2 aliphatic heterocycles. The highest BCUT2D eigenvalue weighted by Crippen LogP contribution is 2.28. The molecule has 2 aromatic rings. The van der Waals surface area contributed by atoms with Gasteiger partial charge in [-0.15, -0.1) is 0 Å². The number of anilines is 2. The van der Waals surface area contributed by atoms with Crippen LogP contribution in [-0.2, 0) is 14.3 Å². The zero-order valence-corrected chi connectivity index (χ0v) is 21.8. The second-order valence-electron chi connectivity index (χ2n) is 9.10. The number of piperazine rings is 1. The number of rotatable bonds is 8. The normalized spacial score (nSPS) is 17.9. The van der Waals surface area contributed by atoms with Gasteiger partial charge in [-0.25, -0.2) is 14.0 Å². The van der Waals surface area contributed by atoms with E-state index < -0.39 is 30.1 Å². The molecule has 39 heavy (non-hydrogen) atoms. The molecule has 12 nitrogen and oxygen atoms in total. The van der Waals surface area contributed by atoms with Crippen LogP contribution in [-0.4, -0.2) is 91.9 Å². The molecule has 2 N–H and O–H groups in total. The molecule has 4 rings (SSSR count). The van der Waals surface area contributed by atoms with Crippen LogP contribution < -0.4 is 20.4 Å². The van der Waals surface area contributed by atoms with Crippen molar-refractivity contribution in [2.24, 2.45) is 0 Å². The highest BCUT2D eigenvalue weighted by Gasteiger charge is 2.33. The van der Waals surface area contributed by atoms with Gasteiger partial charge in [0, 0.05) is 38.6 Å². The number of amides is 4. The summed E-state index contributed by atoms with van der Waals surface area (Å²) in [5.74, 6) is -1.11. The molecular weight excluding hydrogens is 511 g/mol. The molecular formula is C26H31FN6O6. The van der Waals surface area contributed by atoms with E-state index in [1.54, 1.807) is 49.2 Å². The Morgan fingerprint density at radius 1 is 1.21 bits per heavy atom. The fourth-order valence-electron chi connectivity index (χ4n) is 4.42. The van der Waals surface area contributed by atoms with Crippen LogP contribution in [0.1, 0.15) is 24.2 Å². The van der Waals surface area contributed by atoms with Crippen molar-refractivity contribution in [2.75, 3.05) is 55.7 Å². The number of carbonyl (C=O) groups excluding carboxylic acids is 4. The van der Waals surface area contributed by atoms with Gasteiger partial charge in [0.1, 0.15) is 18.0 Å². The van der Waals surface area contributed by atoms with Crippen LogP contribution in [0.15, 0.2) is 42.7 Å². The number of carbonyl (C=O) groups is 4. The Morgan fingerprint density at radius 3 is 2.64 bits per heavy atom. The fourth-order valence-corrected chi connectivity index (χ4v) is 4.42. The van der Waals surface area contributed by atoms with E-state index in [9.17, 15) is 19.2 Å². The third-order valence-electron chi connectivity index (χ3n) is 6.44. The average Bonchev–Trinajstić information content (AvgIpc) is 3.32. The number of nitrogens with zero attached hydrogens (tertiary/aromatic N) is 4. The topological polar surface area (TPSA) is 133 Å². The Balaban J connectivity index is 1.29. The molecule has 2 atom stereocenters. The van der Waals surface area contributed by atoms with E-state index in [1.165, 1.54) is 17.2 Å². The Hall–Kier alpha value is -4.42. The summed E-state index contributed by atoms with van der Waals surface area (Å²) in [6.07, 6.45) is 1.17. The van der Waals surface area contributed by atoms with Crippen molar-refractivity contribution in [3.63, 3.8) is 0 Å². The standard InChI is InChI=1S/C26H31FN6O6/c1-3-38-25(36)29-15-20-16-33(26(37)39-20)19-6-7-22(21(27)13-19)31-9-11-32(12-10-31)24(35)17(2)30-23(34)18-5-4-8-28-14-18/h4-8,13-14,17,20H,3,9-12,15-16H2,1-2H3,(H,29,36)(H,30,34)/t17-,20-/m0/s1. The summed E-state index contributed by atoms with van der Waals surface area (Å²) in [6, 6.07) is 7.03. The summed E-state index contributed by atoms with van der Waals surface area (Å²) in [7, 11) is 0. The molecule has 2 saturated heterocycles. The number of aromatic nitrogens is 1. The number of benzene rings is 1. The summed E-state index contributed by atoms with van der Waals surface area (Å²) >= 11 is 0. The lowest BCUT2D eigenvalue weighted by molar-refractivity contribution is -0.133. The fraction of sp³-hybridized carbons (Fsp3) is 0.423. The summed E-state index contributed by atoms with van der Waals surface area (Å²) in [4.78, 5) is 57.7. The summed E-state index contributed by atoms with van der Waals surface area (Å²) in [6.45, 7) is 5.30. The van der Waals surface area contributed by atoms with E-state index in [4.69, 9.17) is 9.47 Å². The molecule has 1 aromatic heterocycles. The largest absolute Gasteiger partial charge is 0.450 e. The van der Waals surface area contributed by atoms with E-state index >= 15 is 4.39 Å². The first-order valence-electron chi connectivity index (χ1n) is 12.7. The van der Waals surface area contributed by atoms with Crippen LogP contribution in [0.5, 0.6) is 0 Å². The van der Waals surface area contributed by atoms with Gasteiger partial charge in [0.2, 0.25) is 5.91 Å². The number of alkyl carbamates (subject to hydrolysis) is 1. The van der Waals surface area contributed by atoms with Crippen molar-refractivity contribution in [1.29, 1.82) is 0 Å². The first kappa shape index (κ1) is 27.6. The third kappa shape index (κ3) is 6.72. The van der Waals surface area contributed by atoms with Crippen molar-refractivity contribution < 1.29 is 33.0 Å². The lowest BCUT2D eigenvalue weighted by Crippen LogP contribution is -2.54. The van der Waals surface area contributed by atoms with Crippen LogP contribution in [0.25, 0.3) is 0 Å². The van der Waals surface area contributed by atoms with E-state index in [2.05, 4.69) is 15.6 Å². The molecule has 3 heterocycles. The van der Waals surface area contributed by atoms with E-state index in [1.807, 2.05) is 4.90 Å². The minimum atomic E-state index is -0.725. The van der Waals surface area contributed by atoms with Crippen molar-refractivity contribution in [3.8, 4) is 0 Å². The molecule has 4 amide bonds. The van der Waals surface area contributed by atoms with Crippen molar-refractivity contribution in [1.82, 2.24) is 20.5 Å². The quantitative estimate of drug-likeness (QED) is 0.516. The summed E-state index contributed by atoms with van der Waals surface area (Å²) in [5, 5.41) is 5.21. The second kappa shape index (κ2) is 12.4. The lowest BCUT2D eigenvalue weighted by atomic mass is 10.2. The van der Waals surface area contributed by atoms with Gasteiger partial charge < -0.3 is 29.9 Å². The molecule has 1 aromatic carbocycles. The maximum absolute atomic E-state index is 15.1. The van der Waals surface area contributed by atoms with Gasteiger partial charge in [0.25, 0.3) is 5.91 Å². The number of pyridine rings is 1. The summed E-state index contributed by atoms with van der Waals surface area (Å²) in [5.41, 5.74) is 1.07. The molecule has 0 bridgehead atoms. The van der Waals surface area contributed by atoms with Gasteiger partial charge in [0.05, 0.1) is 36.6 Å². The number of hydrogen-bond donors (Lipinski definition) is 2. The van der Waals surface area contributed by atoms with Crippen LogP contribution in [0.2, 0.25) is 0 Å². The number of halogens is 1. The Labute approximate surface area is 225 Å². The van der Waals surface area contributed by atoms with Crippen LogP contribution in [0, 0.1) is 5.82 Å². The number of ether oxygens (including phenoxy) is 2. The van der Waals surface area contributed by atoms with Crippen molar-refractivity contribution in [3.05, 3.63) is 54.1 Å². The minimum absolute atomic E-state index is 0.0798. The van der Waals surface area contributed by atoms with Gasteiger partial charge in [-0.2, -0.15) is 0 Å². The molecule has 13 heteroatoms. The second-order valence-corrected chi connectivity index (χ2v) is 9.10. The highest BCUT2D eigenvalue weighted by molar-refractivity contribution is 5.97. The molecule has 0 saturated carbocycles. The molecule has 0 unspecified atom stereocenters. The van der Waals surface area contributed by atoms with Crippen molar-refractivity contribution >= 4 is 35.4 Å². The van der Waals surface area contributed by atoms with Crippen LogP contribution in [0.4, 0.5) is 25.4 Å². The molecule has 2 fully saturated rings. The first-order valence-corrected chi connectivity index (χ1v) is 12.7. The predicted molar refractivity (Wildman–Crippen MR) is 139 cm³/mol. The zero-order chi connectivity index (χ0) is 27.9. The Kier molecular flexibility index (Phi) is 8.79. The molecule has 0 radical (unpaired) electrons. The van der Waals surface area contributed by atoms with E-state index in [-0.39, 0.29) is 31.5 Å². The number of hydrogen-bond acceptors (Lipinski definition) is 8. The monoisotopic (exact) mass is 542 g/mol. The van der Waals surface area contributed by atoms with Crippen molar-refractivity contribution in [2.45, 2.75) is 26.0 Å². The maximum Gasteiger partial charge on any atom is 0.414 e. The molecule has 2 aliphatic rings. The Morgan fingerprint density at radius 2 is 1.97 bits per heavy atom. The molecule has 0 aliphatic carbocycles. The van der Waals surface area contributed by atoms with E-state index in [0.717, 1.165) is 0 Å². The van der Waals surface area contributed by atoms with Gasteiger partial charge in [-0.1, -0.05) is 0 Å². The molecule has 208 valence electrons. The lowest BCUT2D eigenvalue weighted by Gasteiger charge is -2.37. The van der Waals surface area contributed by atoms with Gasteiger partial charge in [-0.05, 0) is 44.2 Å². The average molecular weight is 543 g/mol. The first-order chi connectivity index (χ1) is 18.8. The van der Waals surface area contributed by atoms with Crippen LogP contribution >= 0.6 is 0 Å². The molecule has 0 spiro atoms. The van der Waals surface area contributed by atoms with Crippen LogP contribution in [0.3, 0.4) is 0 Å². The smallest absolute Gasteiger partial charge is 0.414 e. The van der Waals surface area contributed by atoms with Gasteiger partial charge in [-0.3, -0.25) is 19.5 Å². The third-order valence-corrected chi connectivity index (χ3v) is 6.44. The van der Waals surface area contributed by atoms with Gasteiger partial charge in [0.15, 0.2) is 0 Å². The SMILES string of the molecule is CCOC(=O)NC[C@H]1CN(c2ccc(N3CCN(C(=O)[C@H](C)NC(=O)c4cccnc4)CC3)c(F)c2)C(=O)O1. The van der Waals surface area contributed by atoms with E-state index in [0.29, 0.717) is 43.1 Å². The van der Waals surface area contributed by atoms with Gasteiger partial charge >= 0.3 is 12.2 Å². The highest BCUT2D eigenvalue weighted by atomic mass is 19.1. The maximum atomic E-state index is 15.1. The number of cyclic esters (lactones) is 1. The predicted octanol–water partition coefficient (Wildman–Crippen LogP) is 1.76. The zero-order valence-electron chi connectivity index (χ0n) is 21.8. The minimum Gasteiger partial charge on any atom is -0.450 e. The number of nitrogens with one attached hydrogen (secondary N) is 2. The Bertz CT molecular complexity index is 1210. The summed E-state index contributed by atoms with van der Waals surface area (Å²) < 4.78 is 25.2.